The van der Waals surface area contributed by atoms with Gasteiger partial charge in [-0.1, -0.05) is 43.5 Å². The second-order valence-electron chi connectivity index (χ2n) is 5.51. The van der Waals surface area contributed by atoms with E-state index in [1.54, 1.807) is 0 Å². The van der Waals surface area contributed by atoms with Crippen molar-refractivity contribution in [3.8, 4) is 0 Å². The highest BCUT2D eigenvalue weighted by Crippen LogP contribution is 2.29. The molecule has 1 aromatic carbocycles. The highest BCUT2D eigenvalue weighted by Gasteiger charge is 2.23. The fourth-order valence-electron chi connectivity index (χ4n) is 3.06. The molecule has 1 fully saturated rings. The van der Waals surface area contributed by atoms with Crippen LogP contribution in [0.15, 0.2) is 24.3 Å². The molecule has 0 bridgehead atoms. The van der Waals surface area contributed by atoms with E-state index in [9.17, 15) is 0 Å². The van der Waals surface area contributed by atoms with E-state index in [-0.39, 0.29) is 0 Å². The predicted octanol–water partition coefficient (Wildman–Crippen LogP) is 4.96. The van der Waals surface area contributed by atoms with Crippen LogP contribution in [0.2, 0.25) is 5.02 Å². The predicted molar refractivity (Wildman–Crippen MR) is 79.0 cm³/mol. The van der Waals surface area contributed by atoms with Gasteiger partial charge < -0.3 is 5.32 Å². The van der Waals surface area contributed by atoms with Crippen LogP contribution < -0.4 is 5.32 Å². The summed E-state index contributed by atoms with van der Waals surface area (Å²) in [5, 5.41) is 4.62. The number of benzene rings is 1. The largest absolute Gasteiger partial charge is 0.307 e. The molecule has 1 unspecified atom stereocenters. The zero-order chi connectivity index (χ0) is 13.0. The summed E-state index contributed by atoms with van der Waals surface area (Å²) in [7, 11) is 0. The third-order valence-corrected chi connectivity index (χ3v) is 4.50. The van der Waals surface area contributed by atoms with Gasteiger partial charge in [0, 0.05) is 17.1 Å². The van der Waals surface area contributed by atoms with Crippen LogP contribution in [-0.4, -0.2) is 6.04 Å². The van der Waals surface area contributed by atoms with Gasteiger partial charge in [0.05, 0.1) is 0 Å². The third kappa shape index (κ3) is 3.49. The van der Waals surface area contributed by atoms with E-state index in [0.717, 1.165) is 17.4 Å². The molecule has 0 spiro atoms. The topological polar surface area (TPSA) is 12.0 Å². The molecule has 2 atom stereocenters. The summed E-state index contributed by atoms with van der Waals surface area (Å²) in [6, 6.07) is 9.34. The van der Waals surface area contributed by atoms with Gasteiger partial charge in [0.15, 0.2) is 0 Å². The Bertz CT molecular complexity index is 354. The Labute approximate surface area is 116 Å². The molecule has 0 amide bonds. The van der Waals surface area contributed by atoms with Crippen molar-refractivity contribution < 1.29 is 0 Å². The molecule has 1 nitrogen and oxygen atoms in total. The molecule has 1 N–H and O–H groups in total. The molecule has 1 aliphatic carbocycles. The summed E-state index contributed by atoms with van der Waals surface area (Å²) in [5.74, 6) is 0.867. The maximum absolute atomic E-state index is 5.95. The van der Waals surface area contributed by atoms with E-state index in [1.807, 2.05) is 12.1 Å². The minimum atomic E-state index is 0.456. The Hall–Kier alpha value is -0.530. The molecule has 0 saturated heterocycles. The molecule has 1 saturated carbocycles. The Morgan fingerprint density at radius 3 is 2.39 bits per heavy atom. The van der Waals surface area contributed by atoms with E-state index < -0.39 is 0 Å². The summed E-state index contributed by atoms with van der Waals surface area (Å²) < 4.78 is 0. The SMILES string of the molecule is CCC(N[C@@H](C)C1CCCC1)c1ccc(Cl)cc1. The van der Waals surface area contributed by atoms with E-state index in [1.165, 1.54) is 31.2 Å². The first-order valence-corrected chi connectivity index (χ1v) is 7.60. The van der Waals surface area contributed by atoms with E-state index in [4.69, 9.17) is 11.6 Å². The zero-order valence-corrected chi connectivity index (χ0v) is 12.2. The molecular weight excluding hydrogens is 242 g/mol. The van der Waals surface area contributed by atoms with Gasteiger partial charge in [-0.3, -0.25) is 0 Å². The van der Waals surface area contributed by atoms with Crippen molar-refractivity contribution in [2.45, 2.75) is 58.0 Å². The van der Waals surface area contributed by atoms with Gasteiger partial charge in [-0.2, -0.15) is 0 Å². The molecule has 2 rings (SSSR count). The van der Waals surface area contributed by atoms with Crippen LogP contribution in [0.5, 0.6) is 0 Å². The fourth-order valence-corrected chi connectivity index (χ4v) is 3.18. The van der Waals surface area contributed by atoms with Crippen molar-refractivity contribution in [3.05, 3.63) is 34.9 Å². The Morgan fingerprint density at radius 1 is 1.22 bits per heavy atom. The highest BCUT2D eigenvalue weighted by molar-refractivity contribution is 6.30. The van der Waals surface area contributed by atoms with Crippen molar-refractivity contribution in [1.29, 1.82) is 0 Å². The molecule has 18 heavy (non-hydrogen) atoms. The van der Waals surface area contributed by atoms with Crippen molar-refractivity contribution in [1.82, 2.24) is 5.32 Å². The number of hydrogen-bond donors (Lipinski definition) is 1. The van der Waals surface area contributed by atoms with Gasteiger partial charge >= 0.3 is 0 Å². The number of halogens is 1. The Balaban J connectivity index is 1.97. The minimum absolute atomic E-state index is 0.456. The summed E-state index contributed by atoms with van der Waals surface area (Å²) in [4.78, 5) is 0. The zero-order valence-electron chi connectivity index (χ0n) is 11.5. The monoisotopic (exact) mass is 265 g/mol. The summed E-state index contributed by atoms with van der Waals surface area (Å²) in [6.45, 7) is 4.59. The van der Waals surface area contributed by atoms with Crippen LogP contribution >= 0.6 is 11.6 Å². The maximum Gasteiger partial charge on any atom is 0.0406 e. The second kappa shape index (κ2) is 6.58. The smallest absolute Gasteiger partial charge is 0.0406 e. The standard InChI is InChI=1S/C16H24ClN/c1-3-16(14-8-10-15(17)11-9-14)18-12(2)13-6-4-5-7-13/h8-13,16,18H,3-7H2,1-2H3/t12-,16?/m0/s1. The molecule has 0 heterocycles. The van der Waals surface area contributed by atoms with Crippen molar-refractivity contribution in [2.24, 2.45) is 5.92 Å². The first-order valence-electron chi connectivity index (χ1n) is 7.22. The summed E-state index contributed by atoms with van der Waals surface area (Å²) in [5.41, 5.74) is 1.35. The molecule has 2 heteroatoms. The second-order valence-corrected chi connectivity index (χ2v) is 5.95. The molecule has 100 valence electrons. The van der Waals surface area contributed by atoms with Crippen molar-refractivity contribution in [3.63, 3.8) is 0 Å². The van der Waals surface area contributed by atoms with E-state index in [0.29, 0.717) is 12.1 Å². The average molecular weight is 266 g/mol. The lowest BCUT2D eigenvalue weighted by Crippen LogP contribution is -2.35. The van der Waals surface area contributed by atoms with Gasteiger partial charge in [-0.25, -0.2) is 0 Å². The molecule has 0 aromatic heterocycles. The maximum atomic E-state index is 5.95. The van der Waals surface area contributed by atoms with Crippen molar-refractivity contribution in [2.75, 3.05) is 0 Å². The van der Waals surface area contributed by atoms with Crippen LogP contribution in [0.1, 0.15) is 57.6 Å². The number of rotatable bonds is 5. The van der Waals surface area contributed by atoms with Crippen LogP contribution in [0, 0.1) is 5.92 Å². The number of hydrogen-bond acceptors (Lipinski definition) is 1. The molecule has 1 aromatic rings. The first kappa shape index (κ1) is 13.9. The summed E-state index contributed by atoms with van der Waals surface area (Å²) in [6.07, 6.45) is 6.73. The van der Waals surface area contributed by atoms with Crippen LogP contribution in [0.4, 0.5) is 0 Å². The quantitative estimate of drug-likeness (QED) is 0.793. The molecule has 1 aliphatic rings. The van der Waals surface area contributed by atoms with E-state index >= 15 is 0 Å². The molecule has 0 radical (unpaired) electrons. The van der Waals surface area contributed by atoms with Gasteiger partial charge in [-0.05, 0) is 49.8 Å². The lowest BCUT2D eigenvalue weighted by atomic mass is 9.96. The molecular formula is C16H24ClN. The lowest BCUT2D eigenvalue weighted by molar-refractivity contribution is 0.339. The van der Waals surface area contributed by atoms with Crippen LogP contribution in [0.3, 0.4) is 0 Å². The minimum Gasteiger partial charge on any atom is -0.307 e. The summed E-state index contributed by atoms with van der Waals surface area (Å²) >= 11 is 5.95. The van der Waals surface area contributed by atoms with Crippen molar-refractivity contribution >= 4 is 11.6 Å². The normalized spacial score (nSPS) is 19.9. The third-order valence-electron chi connectivity index (χ3n) is 4.25. The van der Waals surface area contributed by atoms with E-state index in [2.05, 4.69) is 31.3 Å². The van der Waals surface area contributed by atoms with Gasteiger partial charge in [-0.15, -0.1) is 0 Å². The molecule has 0 aliphatic heterocycles. The Morgan fingerprint density at radius 2 is 1.83 bits per heavy atom. The highest BCUT2D eigenvalue weighted by atomic mass is 35.5. The van der Waals surface area contributed by atoms with Crippen LogP contribution in [0.25, 0.3) is 0 Å². The first-order chi connectivity index (χ1) is 8.70. The van der Waals surface area contributed by atoms with Gasteiger partial charge in [0.25, 0.3) is 0 Å². The Kier molecular flexibility index (Phi) is 5.08. The van der Waals surface area contributed by atoms with Crippen LogP contribution in [-0.2, 0) is 0 Å². The fraction of sp³-hybridized carbons (Fsp3) is 0.625. The number of nitrogens with one attached hydrogen (secondary N) is 1. The average Bonchev–Trinajstić information content (AvgIpc) is 2.91. The lowest BCUT2D eigenvalue weighted by Gasteiger charge is -2.27. The van der Waals surface area contributed by atoms with Gasteiger partial charge in [0.2, 0.25) is 0 Å². The van der Waals surface area contributed by atoms with Gasteiger partial charge in [0.1, 0.15) is 0 Å².